The second kappa shape index (κ2) is 6.86. The van der Waals surface area contributed by atoms with E-state index in [1.54, 1.807) is 7.11 Å². The fourth-order valence-corrected chi connectivity index (χ4v) is 2.16. The molecule has 0 aromatic rings. The van der Waals surface area contributed by atoms with Crippen LogP contribution in [0.1, 0.15) is 26.7 Å². The molecule has 0 radical (unpaired) electrons. The maximum atomic E-state index is 11.9. The van der Waals surface area contributed by atoms with Gasteiger partial charge in [0.15, 0.2) is 0 Å². The first-order chi connectivity index (χ1) is 7.66. The van der Waals surface area contributed by atoms with Crippen LogP contribution in [-0.4, -0.2) is 50.2 Å². The maximum absolute atomic E-state index is 11.9. The smallest absolute Gasteiger partial charge is 0.236 e. The average molecular weight is 228 g/mol. The third-order valence-corrected chi connectivity index (χ3v) is 3.45. The molecule has 1 amide bonds. The van der Waals surface area contributed by atoms with E-state index >= 15 is 0 Å². The minimum atomic E-state index is 0.218. The highest BCUT2D eigenvalue weighted by Crippen LogP contribution is 2.22. The summed E-state index contributed by atoms with van der Waals surface area (Å²) >= 11 is 0. The van der Waals surface area contributed by atoms with Gasteiger partial charge in [0, 0.05) is 26.2 Å². The molecule has 1 aliphatic rings. The lowest BCUT2D eigenvalue weighted by molar-refractivity contribution is -0.134. The third-order valence-electron chi connectivity index (χ3n) is 3.45. The van der Waals surface area contributed by atoms with Crippen molar-refractivity contribution in [3.63, 3.8) is 0 Å². The molecular formula is C12H24N2O2. The Morgan fingerprint density at radius 1 is 1.50 bits per heavy atom. The van der Waals surface area contributed by atoms with Gasteiger partial charge in [-0.1, -0.05) is 6.92 Å². The van der Waals surface area contributed by atoms with E-state index in [1.807, 2.05) is 4.90 Å². The van der Waals surface area contributed by atoms with Gasteiger partial charge in [0.2, 0.25) is 5.91 Å². The summed E-state index contributed by atoms with van der Waals surface area (Å²) in [5, 5.41) is 3.10. The topological polar surface area (TPSA) is 41.6 Å². The minimum absolute atomic E-state index is 0.218. The molecule has 16 heavy (non-hydrogen) atoms. The number of methoxy groups -OCH3 is 1. The number of amides is 1. The number of rotatable bonds is 5. The van der Waals surface area contributed by atoms with Crippen molar-refractivity contribution in [2.24, 2.45) is 5.92 Å². The Bertz CT molecular complexity index is 221. The zero-order valence-electron chi connectivity index (χ0n) is 10.7. The average Bonchev–Trinajstić information content (AvgIpc) is 2.28. The Kier molecular flexibility index (Phi) is 5.77. The molecule has 1 aliphatic heterocycles. The van der Waals surface area contributed by atoms with E-state index < -0.39 is 0 Å². The molecule has 0 bridgehead atoms. The predicted molar refractivity (Wildman–Crippen MR) is 64.3 cm³/mol. The van der Waals surface area contributed by atoms with Gasteiger partial charge in [-0.25, -0.2) is 0 Å². The predicted octanol–water partition coefficient (Wildman–Crippen LogP) is 0.869. The second-order valence-corrected chi connectivity index (χ2v) is 4.62. The second-order valence-electron chi connectivity index (χ2n) is 4.62. The van der Waals surface area contributed by atoms with Crippen LogP contribution in [0.4, 0.5) is 0 Å². The quantitative estimate of drug-likeness (QED) is 0.710. The molecule has 0 aliphatic carbocycles. The summed E-state index contributed by atoms with van der Waals surface area (Å²) in [4.78, 5) is 13.9. The summed E-state index contributed by atoms with van der Waals surface area (Å²) < 4.78 is 4.92. The van der Waals surface area contributed by atoms with E-state index in [2.05, 4.69) is 19.2 Å². The van der Waals surface area contributed by atoms with Crippen molar-refractivity contribution in [1.82, 2.24) is 10.2 Å². The van der Waals surface area contributed by atoms with Crippen molar-refractivity contribution in [2.45, 2.75) is 32.7 Å². The molecule has 1 heterocycles. The summed E-state index contributed by atoms with van der Waals surface area (Å²) in [5.74, 6) is 0.840. The first-order valence-electron chi connectivity index (χ1n) is 6.16. The molecule has 1 fully saturated rings. The van der Waals surface area contributed by atoms with Crippen LogP contribution in [0.15, 0.2) is 0 Å². The Hall–Kier alpha value is -0.610. The van der Waals surface area contributed by atoms with E-state index in [0.717, 1.165) is 19.5 Å². The lowest BCUT2D eigenvalue weighted by Gasteiger charge is -2.38. The SMILES string of the molecule is COCCNCC(=O)N1CCCC(C)C1C. The highest BCUT2D eigenvalue weighted by molar-refractivity contribution is 5.78. The number of piperidine rings is 1. The van der Waals surface area contributed by atoms with E-state index in [1.165, 1.54) is 6.42 Å². The Balaban J connectivity index is 2.29. The zero-order valence-corrected chi connectivity index (χ0v) is 10.7. The molecule has 1 saturated heterocycles. The minimum Gasteiger partial charge on any atom is -0.383 e. The van der Waals surface area contributed by atoms with Gasteiger partial charge in [0.25, 0.3) is 0 Å². The highest BCUT2D eigenvalue weighted by atomic mass is 16.5. The van der Waals surface area contributed by atoms with Crippen molar-refractivity contribution in [1.29, 1.82) is 0 Å². The van der Waals surface area contributed by atoms with E-state index in [0.29, 0.717) is 25.1 Å². The molecule has 2 unspecified atom stereocenters. The number of hydrogen-bond donors (Lipinski definition) is 1. The van der Waals surface area contributed by atoms with Crippen LogP contribution in [0, 0.1) is 5.92 Å². The Labute approximate surface area is 98.3 Å². The molecule has 0 aromatic carbocycles. The highest BCUT2D eigenvalue weighted by Gasteiger charge is 2.27. The van der Waals surface area contributed by atoms with Crippen molar-refractivity contribution in [2.75, 3.05) is 33.4 Å². The molecular weight excluding hydrogens is 204 g/mol. The van der Waals surface area contributed by atoms with Gasteiger partial charge in [-0.2, -0.15) is 0 Å². The van der Waals surface area contributed by atoms with Gasteiger partial charge in [-0.15, -0.1) is 0 Å². The number of likely N-dealkylation sites (tertiary alicyclic amines) is 1. The van der Waals surface area contributed by atoms with Crippen LogP contribution in [0.3, 0.4) is 0 Å². The van der Waals surface area contributed by atoms with E-state index in [4.69, 9.17) is 4.74 Å². The van der Waals surface area contributed by atoms with Gasteiger partial charge < -0.3 is 15.0 Å². The first-order valence-corrected chi connectivity index (χ1v) is 6.16. The molecule has 94 valence electrons. The van der Waals surface area contributed by atoms with Gasteiger partial charge >= 0.3 is 0 Å². The van der Waals surface area contributed by atoms with Gasteiger partial charge in [-0.05, 0) is 25.7 Å². The molecule has 1 N–H and O–H groups in total. The van der Waals surface area contributed by atoms with Crippen LogP contribution >= 0.6 is 0 Å². The molecule has 1 rings (SSSR count). The number of carbonyl (C=O) groups is 1. The van der Waals surface area contributed by atoms with Crippen molar-refractivity contribution in [3.05, 3.63) is 0 Å². The fourth-order valence-electron chi connectivity index (χ4n) is 2.16. The van der Waals surface area contributed by atoms with Crippen LogP contribution < -0.4 is 5.32 Å². The lowest BCUT2D eigenvalue weighted by atomic mass is 9.92. The van der Waals surface area contributed by atoms with Crippen LogP contribution in [-0.2, 0) is 9.53 Å². The molecule has 0 saturated carbocycles. The van der Waals surface area contributed by atoms with Crippen molar-refractivity contribution < 1.29 is 9.53 Å². The molecule has 4 heteroatoms. The van der Waals surface area contributed by atoms with Crippen molar-refractivity contribution in [3.8, 4) is 0 Å². The number of nitrogens with one attached hydrogen (secondary N) is 1. The van der Waals surface area contributed by atoms with E-state index in [9.17, 15) is 4.79 Å². The third kappa shape index (κ3) is 3.76. The monoisotopic (exact) mass is 228 g/mol. The number of nitrogens with zero attached hydrogens (tertiary/aromatic N) is 1. The Morgan fingerprint density at radius 2 is 2.25 bits per heavy atom. The van der Waals surface area contributed by atoms with Gasteiger partial charge in [-0.3, -0.25) is 4.79 Å². The Morgan fingerprint density at radius 3 is 2.94 bits per heavy atom. The summed E-state index contributed by atoms with van der Waals surface area (Å²) in [6.07, 6.45) is 2.37. The largest absolute Gasteiger partial charge is 0.383 e. The molecule has 4 nitrogen and oxygen atoms in total. The van der Waals surface area contributed by atoms with Gasteiger partial charge in [0.1, 0.15) is 0 Å². The summed E-state index contributed by atoms with van der Waals surface area (Å²) in [6.45, 7) is 7.11. The van der Waals surface area contributed by atoms with Crippen LogP contribution in [0.5, 0.6) is 0 Å². The number of hydrogen-bond acceptors (Lipinski definition) is 3. The zero-order chi connectivity index (χ0) is 12.0. The standard InChI is InChI=1S/C12H24N2O2/c1-10-5-4-7-14(11(10)2)12(15)9-13-6-8-16-3/h10-11,13H,4-9H2,1-3H3. The molecule has 2 atom stereocenters. The number of carbonyl (C=O) groups excluding carboxylic acids is 1. The van der Waals surface area contributed by atoms with Crippen LogP contribution in [0.2, 0.25) is 0 Å². The summed E-state index contributed by atoms with van der Waals surface area (Å²) in [6, 6.07) is 0.380. The van der Waals surface area contributed by atoms with Crippen molar-refractivity contribution >= 4 is 5.91 Å². The van der Waals surface area contributed by atoms with Crippen LogP contribution in [0.25, 0.3) is 0 Å². The molecule has 0 spiro atoms. The fraction of sp³-hybridized carbons (Fsp3) is 0.917. The lowest BCUT2D eigenvalue weighted by Crippen LogP contribution is -2.49. The normalized spacial score (nSPS) is 25.8. The summed E-state index contributed by atoms with van der Waals surface area (Å²) in [5.41, 5.74) is 0. The van der Waals surface area contributed by atoms with Gasteiger partial charge in [0.05, 0.1) is 13.2 Å². The first kappa shape index (κ1) is 13.5. The number of ether oxygens (including phenoxy) is 1. The maximum Gasteiger partial charge on any atom is 0.236 e. The van der Waals surface area contributed by atoms with E-state index in [-0.39, 0.29) is 5.91 Å². The summed E-state index contributed by atoms with van der Waals surface area (Å²) in [7, 11) is 1.66. The molecule has 0 aromatic heterocycles.